The number of benzene rings is 2. The predicted molar refractivity (Wildman–Crippen MR) is 94.0 cm³/mol. The maximum Gasteiger partial charge on any atom is 0.311 e. The van der Waals surface area contributed by atoms with Crippen molar-refractivity contribution in [3.63, 3.8) is 0 Å². The summed E-state index contributed by atoms with van der Waals surface area (Å²) in [5.41, 5.74) is 2.62. The van der Waals surface area contributed by atoms with Crippen molar-refractivity contribution in [2.24, 2.45) is 0 Å². The third kappa shape index (κ3) is 4.51. The third-order valence-corrected chi connectivity index (χ3v) is 3.77. The van der Waals surface area contributed by atoms with E-state index in [2.05, 4.69) is 0 Å². The Morgan fingerprint density at radius 3 is 2.54 bits per heavy atom. The number of methoxy groups -OCH3 is 1. The Morgan fingerprint density at radius 1 is 1.17 bits per heavy atom. The average Bonchev–Trinajstić information content (AvgIpc) is 2.52. The Labute approximate surface area is 143 Å². The summed E-state index contributed by atoms with van der Waals surface area (Å²) in [6, 6.07) is 13.2. The Balaban J connectivity index is 2.33. The zero-order valence-corrected chi connectivity index (χ0v) is 14.6. The van der Waals surface area contributed by atoms with Gasteiger partial charge in [0.2, 0.25) is 0 Å². The third-order valence-electron chi connectivity index (χ3n) is 3.77. The van der Waals surface area contributed by atoms with Gasteiger partial charge in [0, 0.05) is 5.56 Å². The number of hydrogen-bond acceptors (Lipinski definition) is 3. The number of carboxylic acid groups (broad SMARTS) is 1. The topological polar surface area (TPSA) is 55.8 Å². The normalized spacial score (nSPS) is 12.0. The summed E-state index contributed by atoms with van der Waals surface area (Å²) in [5.74, 6) is -0.186. The number of aliphatic carboxylic acids is 1. The van der Waals surface area contributed by atoms with E-state index in [4.69, 9.17) is 9.47 Å². The van der Waals surface area contributed by atoms with E-state index < -0.39 is 11.9 Å². The molecule has 0 aliphatic rings. The van der Waals surface area contributed by atoms with Crippen LogP contribution in [0.5, 0.6) is 11.5 Å². The quantitative estimate of drug-likeness (QED) is 0.827. The Morgan fingerprint density at radius 2 is 1.92 bits per heavy atom. The van der Waals surface area contributed by atoms with E-state index in [9.17, 15) is 9.90 Å². The molecule has 1 N–H and O–H groups in total. The molecule has 0 aliphatic carbocycles. The second-order valence-electron chi connectivity index (χ2n) is 6.15. The fraction of sp³-hybridized carbons (Fsp3) is 0.350. The molecule has 4 nitrogen and oxygen atoms in total. The van der Waals surface area contributed by atoms with Crippen LogP contribution in [0.15, 0.2) is 42.5 Å². The molecule has 0 aliphatic heterocycles. The summed E-state index contributed by atoms with van der Waals surface area (Å²) >= 11 is 0. The number of aryl methyl sites for hydroxylation is 1. The van der Waals surface area contributed by atoms with Crippen LogP contribution in [0.1, 0.15) is 36.5 Å². The van der Waals surface area contributed by atoms with Crippen LogP contribution in [0.3, 0.4) is 0 Å². The Hall–Kier alpha value is -2.49. The zero-order chi connectivity index (χ0) is 17.7. The molecule has 4 heteroatoms. The second kappa shape index (κ2) is 7.86. The molecule has 2 aromatic carbocycles. The molecular formula is C20H24O4. The summed E-state index contributed by atoms with van der Waals surface area (Å²) in [6.45, 7) is 5.87. The van der Waals surface area contributed by atoms with E-state index in [1.54, 1.807) is 7.11 Å². The maximum absolute atomic E-state index is 11.9. The summed E-state index contributed by atoms with van der Waals surface area (Å²) < 4.78 is 11.1. The van der Waals surface area contributed by atoms with Crippen molar-refractivity contribution in [2.75, 3.05) is 7.11 Å². The van der Waals surface area contributed by atoms with Crippen molar-refractivity contribution < 1.29 is 19.4 Å². The van der Waals surface area contributed by atoms with Gasteiger partial charge in [-0.3, -0.25) is 4.79 Å². The monoisotopic (exact) mass is 328 g/mol. The lowest BCUT2D eigenvalue weighted by Gasteiger charge is -2.18. The molecule has 0 bridgehead atoms. The minimum Gasteiger partial charge on any atom is -0.496 e. The SMILES string of the molecule is COc1ccc(C)cc1C(Cc1cccc(OC(C)C)c1)C(=O)O. The summed E-state index contributed by atoms with van der Waals surface area (Å²) in [6.07, 6.45) is 0.456. The van der Waals surface area contributed by atoms with E-state index >= 15 is 0 Å². The van der Waals surface area contributed by atoms with Gasteiger partial charge in [-0.15, -0.1) is 0 Å². The first-order valence-corrected chi connectivity index (χ1v) is 8.03. The van der Waals surface area contributed by atoms with E-state index in [0.717, 1.165) is 16.9 Å². The molecule has 0 radical (unpaired) electrons. The van der Waals surface area contributed by atoms with Crippen LogP contribution >= 0.6 is 0 Å². The van der Waals surface area contributed by atoms with Gasteiger partial charge in [-0.2, -0.15) is 0 Å². The molecule has 2 aromatic rings. The minimum absolute atomic E-state index is 0.0763. The fourth-order valence-corrected chi connectivity index (χ4v) is 2.71. The number of carbonyl (C=O) groups is 1. The number of rotatable bonds is 7. The minimum atomic E-state index is -0.867. The fourth-order valence-electron chi connectivity index (χ4n) is 2.71. The van der Waals surface area contributed by atoms with Gasteiger partial charge < -0.3 is 14.6 Å². The molecule has 0 heterocycles. The number of ether oxygens (including phenoxy) is 2. The van der Waals surface area contributed by atoms with E-state index in [1.165, 1.54) is 0 Å². The smallest absolute Gasteiger partial charge is 0.311 e. The van der Waals surface area contributed by atoms with E-state index in [0.29, 0.717) is 17.7 Å². The summed E-state index contributed by atoms with van der Waals surface area (Å²) in [4.78, 5) is 11.9. The molecule has 0 saturated heterocycles. The van der Waals surface area contributed by atoms with Crippen LogP contribution in [0.25, 0.3) is 0 Å². The molecule has 1 atom stereocenters. The van der Waals surface area contributed by atoms with Gasteiger partial charge in [-0.25, -0.2) is 0 Å². The van der Waals surface area contributed by atoms with Gasteiger partial charge in [-0.05, 0) is 51.0 Å². The van der Waals surface area contributed by atoms with Crippen LogP contribution in [0.4, 0.5) is 0 Å². The van der Waals surface area contributed by atoms with Gasteiger partial charge >= 0.3 is 5.97 Å². The van der Waals surface area contributed by atoms with Gasteiger partial charge in [-0.1, -0.05) is 29.8 Å². The van der Waals surface area contributed by atoms with Crippen molar-refractivity contribution >= 4 is 5.97 Å². The highest BCUT2D eigenvalue weighted by Crippen LogP contribution is 2.31. The highest BCUT2D eigenvalue weighted by atomic mass is 16.5. The zero-order valence-electron chi connectivity index (χ0n) is 14.6. The van der Waals surface area contributed by atoms with Crippen LogP contribution in [0.2, 0.25) is 0 Å². The lowest BCUT2D eigenvalue weighted by atomic mass is 9.90. The number of carboxylic acids is 1. The van der Waals surface area contributed by atoms with Crippen LogP contribution < -0.4 is 9.47 Å². The van der Waals surface area contributed by atoms with E-state index in [-0.39, 0.29) is 6.10 Å². The molecule has 0 aromatic heterocycles. The second-order valence-corrected chi connectivity index (χ2v) is 6.15. The molecule has 24 heavy (non-hydrogen) atoms. The molecule has 128 valence electrons. The highest BCUT2D eigenvalue weighted by Gasteiger charge is 2.24. The van der Waals surface area contributed by atoms with Crippen molar-refractivity contribution in [3.8, 4) is 11.5 Å². The van der Waals surface area contributed by atoms with Gasteiger partial charge in [0.25, 0.3) is 0 Å². The lowest BCUT2D eigenvalue weighted by Crippen LogP contribution is -2.16. The molecule has 2 rings (SSSR count). The standard InChI is InChI=1S/C20H24O4/c1-13(2)24-16-7-5-6-15(11-16)12-18(20(21)22)17-10-14(3)8-9-19(17)23-4/h5-11,13,18H,12H2,1-4H3,(H,21,22). The first-order valence-electron chi connectivity index (χ1n) is 8.03. The lowest BCUT2D eigenvalue weighted by molar-refractivity contribution is -0.138. The van der Waals surface area contributed by atoms with Gasteiger partial charge in [0.15, 0.2) is 0 Å². The first kappa shape index (κ1) is 17.9. The molecule has 0 amide bonds. The van der Waals surface area contributed by atoms with Crippen LogP contribution in [0, 0.1) is 6.92 Å². The van der Waals surface area contributed by atoms with Gasteiger partial charge in [0.1, 0.15) is 11.5 Å². The van der Waals surface area contributed by atoms with Crippen molar-refractivity contribution in [1.82, 2.24) is 0 Å². The Kier molecular flexibility index (Phi) is 5.85. The molecule has 0 saturated carbocycles. The predicted octanol–water partition coefficient (Wildman–Crippen LogP) is 4.20. The summed E-state index contributed by atoms with van der Waals surface area (Å²) in [7, 11) is 1.56. The van der Waals surface area contributed by atoms with E-state index in [1.807, 2.05) is 63.2 Å². The first-order chi connectivity index (χ1) is 11.4. The van der Waals surface area contributed by atoms with Crippen molar-refractivity contribution in [2.45, 2.75) is 39.2 Å². The van der Waals surface area contributed by atoms with Crippen LogP contribution in [-0.4, -0.2) is 24.3 Å². The average molecular weight is 328 g/mol. The van der Waals surface area contributed by atoms with Crippen molar-refractivity contribution in [3.05, 3.63) is 59.2 Å². The molecule has 0 fully saturated rings. The largest absolute Gasteiger partial charge is 0.496 e. The highest BCUT2D eigenvalue weighted by molar-refractivity contribution is 5.78. The maximum atomic E-state index is 11.9. The summed E-state index contributed by atoms with van der Waals surface area (Å²) in [5, 5.41) is 9.73. The Bertz CT molecular complexity index is 707. The van der Waals surface area contributed by atoms with Crippen molar-refractivity contribution in [1.29, 1.82) is 0 Å². The molecule has 0 spiro atoms. The number of hydrogen-bond donors (Lipinski definition) is 1. The van der Waals surface area contributed by atoms with Gasteiger partial charge in [0.05, 0.1) is 19.1 Å². The molecule has 1 unspecified atom stereocenters. The molecular weight excluding hydrogens is 304 g/mol. The van der Waals surface area contributed by atoms with Crippen LogP contribution in [-0.2, 0) is 11.2 Å².